The van der Waals surface area contributed by atoms with Crippen LogP contribution in [0.1, 0.15) is 11.8 Å². The van der Waals surface area contributed by atoms with Crippen LogP contribution in [0.3, 0.4) is 0 Å². The van der Waals surface area contributed by atoms with E-state index in [0.29, 0.717) is 0 Å². The maximum absolute atomic E-state index is 13.5. The Morgan fingerprint density at radius 1 is 1.59 bits per heavy atom. The van der Waals surface area contributed by atoms with E-state index in [1.165, 1.54) is 13.1 Å². The van der Waals surface area contributed by atoms with Crippen molar-refractivity contribution in [1.82, 2.24) is 9.55 Å². The van der Waals surface area contributed by atoms with Crippen molar-refractivity contribution in [3.8, 4) is 0 Å². The van der Waals surface area contributed by atoms with Crippen LogP contribution in [0.2, 0.25) is 0 Å². The molecule has 6 nitrogen and oxygen atoms in total. The summed E-state index contributed by atoms with van der Waals surface area (Å²) in [7, 11) is 0. The highest BCUT2D eigenvalue weighted by molar-refractivity contribution is 5.10. The van der Waals surface area contributed by atoms with Gasteiger partial charge in [-0.2, -0.15) is 0 Å². The molecule has 0 saturated carbocycles. The number of hydrogen-bond acceptors (Lipinski definition) is 4. The highest BCUT2D eigenvalue weighted by atomic mass is 19.1. The van der Waals surface area contributed by atoms with Gasteiger partial charge in [0.2, 0.25) is 0 Å². The summed E-state index contributed by atoms with van der Waals surface area (Å²) in [6.07, 6.45) is 0.311. The molecule has 17 heavy (non-hydrogen) atoms. The predicted molar refractivity (Wildman–Crippen MR) is 56.2 cm³/mol. The summed E-state index contributed by atoms with van der Waals surface area (Å²) in [6, 6.07) is 0. The second-order valence-corrected chi connectivity index (χ2v) is 3.74. The van der Waals surface area contributed by atoms with Crippen LogP contribution in [0.15, 0.2) is 27.7 Å². The maximum Gasteiger partial charge on any atom is 0.330 e. The van der Waals surface area contributed by atoms with Crippen LogP contribution in [-0.2, 0) is 4.74 Å². The van der Waals surface area contributed by atoms with Gasteiger partial charge in [-0.15, -0.1) is 0 Å². The molecule has 0 aromatic carbocycles. The van der Waals surface area contributed by atoms with Gasteiger partial charge >= 0.3 is 5.69 Å². The summed E-state index contributed by atoms with van der Waals surface area (Å²) in [4.78, 5) is 24.7. The third-order valence-electron chi connectivity index (χ3n) is 2.46. The quantitative estimate of drug-likeness (QED) is 0.738. The lowest BCUT2D eigenvalue weighted by Gasteiger charge is -2.15. The fourth-order valence-corrected chi connectivity index (χ4v) is 1.58. The Morgan fingerprint density at radius 2 is 2.29 bits per heavy atom. The average Bonchev–Trinajstić information content (AvgIpc) is 2.65. The Hall–Kier alpha value is -1.73. The molecule has 0 spiro atoms. The Morgan fingerprint density at radius 3 is 2.88 bits per heavy atom. The largest absolute Gasteiger partial charge is 0.393 e. The molecule has 1 aromatic rings. The number of H-pyrrole nitrogens is 1. The van der Waals surface area contributed by atoms with E-state index < -0.39 is 29.4 Å². The van der Waals surface area contributed by atoms with Crippen LogP contribution in [0.25, 0.3) is 0 Å². The lowest BCUT2D eigenvalue weighted by atomic mass is 10.3. The molecular weight excluding hydrogens is 231 g/mol. The molecule has 2 atom stereocenters. The zero-order valence-corrected chi connectivity index (χ0v) is 9.01. The number of aliphatic hydroxyl groups excluding tert-OH is 1. The van der Waals surface area contributed by atoms with E-state index in [2.05, 4.69) is 4.98 Å². The van der Waals surface area contributed by atoms with Gasteiger partial charge in [0.15, 0.2) is 6.23 Å². The van der Waals surface area contributed by atoms with E-state index in [0.717, 1.165) is 10.6 Å². The molecule has 92 valence electrons. The number of aromatic nitrogens is 2. The van der Waals surface area contributed by atoms with Gasteiger partial charge in [0.05, 0.1) is 6.61 Å². The maximum atomic E-state index is 13.5. The van der Waals surface area contributed by atoms with Crippen LogP contribution in [-0.4, -0.2) is 27.4 Å². The fourth-order valence-electron chi connectivity index (χ4n) is 1.58. The van der Waals surface area contributed by atoms with Crippen molar-refractivity contribution in [2.24, 2.45) is 0 Å². The standard InChI is InChI=1S/C10H11FN2O4/c1-5-3-13(10(16)12-8(5)15)9-7(11)2-6(4-14)17-9/h2-3,6,9,14H,4H2,1H3,(H,12,15,16)/t6-,9-/m1/s1. The van der Waals surface area contributed by atoms with Gasteiger partial charge in [0, 0.05) is 11.8 Å². The Balaban J connectivity index is 2.43. The smallest absolute Gasteiger partial charge is 0.330 e. The first-order chi connectivity index (χ1) is 8.02. The second-order valence-electron chi connectivity index (χ2n) is 3.74. The molecule has 0 radical (unpaired) electrons. The van der Waals surface area contributed by atoms with E-state index in [9.17, 15) is 14.0 Å². The normalized spacial score (nSPS) is 23.8. The number of hydrogen-bond donors (Lipinski definition) is 2. The molecular formula is C10H11FN2O4. The van der Waals surface area contributed by atoms with Crippen molar-refractivity contribution in [3.63, 3.8) is 0 Å². The van der Waals surface area contributed by atoms with Gasteiger partial charge in [-0.1, -0.05) is 0 Å². The molecule has 2 N–H and O–H groups in total. The molecule has 1 aliphatic heterocycles. The van der Waals surface area contributed by atoms with Crippen molar-refractivity contribution in [2.75, 3.05) is 6.61 Å². The van der Waals surface area contributed by atoms with Crippen LogP contribution in [0, 0.1) is 6.92 Å². The molecule has 0 unspecified atom stereocenters. The second kappa shape index (κ2) is 4.27. The Kier molecular flexibility index (Phi) is 2.95. The van der Waals surface area contributed by atoms with Crippen LogP contribution < -0.4 is 11.2 Å². The van der Waals surface area contributed by atoms with Crippen LogP contribution >= 0.6 is 0 Å². The van der Waals surface area contributed by atoms with E-state index in [1.807, 2.05) is 0 Å². The van der Waals surface area contributed by atoms with Gasteiger partial charge < -0.3 is 9.84 Å². The number of nitrogens with zero attached hydrogens (tertiary/aromatic N) is 1. The number of aromatic amines is 1. The third kappa shape index (κ3) is 2.06. The van der Waals surface area contributed by atoms with Crippen LogP contribution in [0.4, 0.5) is 4.39 Å². The molecule has 2 rings (SSSR count). The summed E-state index contributed by atoms with van der Waals surface area (Å²) in [5.41, 5.74) is -1.01. The Labute approximate surface area is 95.0 Å². The number of aliphatic hydroxyl groups is 1. The molecule has 0 aliphatic carbocycles. The van der Waals surface area contributed by atoms with E-state index in [1.54, 1.807) is 0 Å². The number of nitrogens with one attached hydrogen (secondary N) is 1. The number of aryl methyl sites for hydroxylation is 1. The van der Waals surface area contributed by atoms with E-state index >= 15 is 0 Å². The van der Waals surface area contributed by atoms with Gasteiger partial charge in [0.1, 0.15) is 11.9 Å². The Bertz CT molecular complexity index is 574. The lowest BCUT2D eigenvalue weighted by molar-refractivity contribution is -0.0215. The van der Waals surface area contributed by atoms with Crippen molar-refractivity contribution in [1.29, 1.82) is 0 Å². The molecule has 0 bridgehead atoms. The first kappa shape index (κ1) is 11.7. The minimum absolute atomic E-state index is 0.272. The number of rotatable bonds is 2. The van der Waals surface area contributed by atoms with E-state index in [4.69, 9.17) is 9.84 Å². The van der Waals surface area contributed by atoms with E-state index in [-0.39, 0.29) is 12.2 Å². The number of halogens is 1. The van der Waals surface area contributed by atoms with Crippen molar-refractivity contribution >= 4 is 0 Å². The van der Waals surface area contributed by atoms with Crippen molar-refractivity contribution in [2.45, 2.75) is 19.3 Å². The minimum Gasteiger partial charge on any atom is -0.393 e. The third-order valence-corrected chi connectivity index (χ3v) is 2.46. The topological polar surface area (TPSA) is 84.3 Å². The van der Waals surface area contributed by atoms with Gasteiger partial charge in [-0.3, -0.25) is 14.3 Å². The highest BCUT2D eigenvalue weighted by Crippen LogP contribution is 2.28. The molecule has 2 heterocycles. The first-order valence-corrected chi connectivity index (χ1v) is 4.98. The SMILES string of the molecule is Cc1cn([C@@H]2O[C@@H](CO)C=C2F)c(=O)[nH]c1=O. The molecule has 0 fully saturated rings. The van der Waals surface area contributed by atoms with Gasteiger partial charge in [-0.05, 0) is 13.0 Å². The molecule has 0 saturated heterocycles. The highest BCUT2D eigenvalue weighted by Gasteiger charge is 2.29. The average molecular weight is 242 g/mol. The summed E-state index contributed by atoms with van der Waals surface area (Å²) in [6.45, 7) is 1.12. The van der Waals surface area contributed by atoms with Gasteiger partial charge in [0.25, 0.3) is 5.56 Å². The minimum atomic E-state index is -1.23. The van der Waals surface area contributed by atoms with Crippen LogP contribution in [0.5, 0.6) is 0 Å². The van der Waals surface area contributed by atoms with Crippen molar-refractivity contribution < 1.29 is 14.2 Å². The lowest BCUT2D eigenvalue weighted by Crippen LogP contribution is -2.34. The fraction of sp³-hybridized carbons (Fsp3) is 0.400. The molecule has 7 heteroatoms. The monoisotopic (exact) mass is 242 g/mol. The van der Waals surface area contributed by atoms with Crippen molar-refractivity contribution in [3.05, 3.63) is 44.5 Å². The summed E-state index contributed by atoms with van der Waals surface area (Å²) in [5.74, 6) is -0.669. The first-order valence-electron chi connectivity index (χ1n) is 4.98. The molecule has 1 aromatic heterocycles. The zero-order valence-electron chi connectivity index (χ0n) is 9.01. The summed E-state index contributed by atoms with van der Waals surface area (Å²) in [5, 5.41) is 8.84. The number of ether oxygens (including phenoxy) is 1. The van der Waals surface area contributed by atoms with Gasteiger partial charge in [-0.25, -0.2) is 9.18 Å². The zero-order chi connectivity index (χ0) is 12.6. The summed E-state index contributed by atoms with van der Waals surface area (Å²) < 4.78 is 19.5. The summed E-state index contributed by atoms with van der Waals surface area (Å²) >= 11 is 0. The molecule has 1 aliphatic rings. The molecule has 0 amide bonds. The predicted octanol–water partition coefficient (Wildman–Crippen LogP) is -0.412.